The summed E-state index contributed by atoms with van der Waals surface area (Å²) in [5, 5.41) is 1.55. The molecule has 1 saturated heterocycles. The highest BCUT2D eigenvalue weighted by atomic mass is 35.5. The Kier molecular flexibility index (Phi) is 4.36. The average Bonchev–Trinajstić information content (AvgIpc) is 2.83. The molecule has 0 radical (unpaired) electrons. The number of benzene rings is 1. The lowest BCUT2D eigenvalue weighted by Crippen LogP contribution is -2.35. The topological polar surface area (TPSA) is 32.7 Å². The maximum atomic E-state index is 12.0. The zero-order chi connectivity index (χ0) is 14.8. The molecule has 2 heterocycles. The van der Waals surface area contributed by atoms with E-state index in [1.54, 1.807) is 0 Å². The number of aliphatic imine (C=N–C) groups is 1. The van der Waals surface area contributed by atoms with Crippen LogP contribution in [0.25, 0.3) is 6.08 Å². The number of amidine groups is 1. The molecule has 110 valence electrons. The zero-order valence-electron chi connectivity index (χ0n) is 11.9. The third-order valence-corrected chi connectivity index (χ3v) is 5.13. The minimum atomic E-state index is -0.136. The summed E-state index contributed by atoms with van der Waals surface area (Å²) >= 11 is 7.35. The SMILES string of the molecule is CC1CCN(C2=NC(=O)C(=Cc3ccc(Cl)cc3)S2)CC1. The van der Waals surface area contributed by atoms with Gasteiger partial charge in [0.2, 0.25) is 0 Å². The first kappa shape index (κ1) is 14.7. The first-order valence-electron chi connectivity index (χ1n) is 7.15. The van der Waals surface area contributed by atoms with Crippen LogP contribution in [0.3, 0.4) is 0 Å². The molecule has 0 N–H and O–H groups in total. The molecule has 3 rings (SSSR count). The lowest BCUT2D eigenvalue weighted by molar-refractivity contribution is -0.113. The Morgan fingerprint density at radius 2 is 1.95 bits per heavy atom. The molecule has 1 aromatic carbocycles. The van der Waals surface area contributed by atoms with Crippen LogP contribution in [0.1, 0.15) is 25.3 Å². The number of carbonyl (C=O) groups excluding carboxylic acids is 1. The number of hydrogen-bond donors (Lipinski definition) is 0. The van der Waals surface area contributed by atoms with Crippen LogP contribution in [0, 0.1) is 5.92 Å². The molecule has 0 unspecified atom stereocenters. The molecule has 1 amide bonds. The molecule has 3 nitrogen and oxygen atoms in total. The second-order valence-electron chi connectivity index (χ2n) is 5.53. The monoisotopic (exact) mass is 320 g/mol. The maximum absolute atomic E-state index is 12.0. The van der Waals surface area contributed by atoms with Gasteiger partial charge in [-0.1, -0.05) is 30.7 Å². The number of carbonyl (C=O) groups is 1. The summed E-state index contributed by atoms with van der Waals surface area (Å²) in [4.78, 5) is 19.2. The van der Waals surface area contributed by atoms with E-state index in [0.717, 1.165) is 29.7 Å². The number of thioether (sulfide) groups is 1. The number of amides is 1. The van der Waals surface area contributed by atoms with Gasteiger partial charge in [0.1, 0.15) is 0 Å². The number of halogens is 1. The second kappa shape index (κ2) is 6.24. The predicted octanol–water partition coefficient (Wildman–Crippen LogP) is 4.04. The molecule has 21 heavy (non-hydrogen) atoms. The first-order chi connectivity index (χ1) is 10.1. The summed E-state index contributed by atoms with van der Waals surface area (Å²) in [6, 6.07) is 7.46. The Morgan fingerprint density at radius 3 is 2.62 bits per heavy atom. The molecule has 5 heteroatoms. The lowest BCUT2D eigenvalue weighted by atomic mass is 10.00. The Morgan fingerprint density at radius 1 is 1.29 bits per heavy atom. The molecule has 1 aromatic rings. The van der Waals surface area contributed by atoms with Crippen molar-refractivity contribution in [1.82, 2.24) is 4.90 Å². The van der Waals surface area contributed by atoms with E-state index >= 15 is 0 Å². The normalized spacial score (nSPS) is 22.0. The maximum Gasteiger partial charge on any atom is 0.286 e. The van der Waals surface area contributed by atoms with Crippen molar-refractivity contribution in [3.05, 3.63) is 39.8 Å². The molecule has 2 aliphatic rings. The third-order valence-electron chi connectivity index (χ3n) is 3.83. The van der Waals surface area contributed by atoms with Gasteiger partial charge in [-0.15, -0.1) is 0 Å². The van der Waals surface area contributed by atoms with Gasteiger partial charge in [0.15, 0.2) is 5.17 Å². The van der Waals surface area contributed by atoms with E-state index in [1.807, 2.05) is 30.3 Å². The first-order valence-corrected chi connectivity index (χ1v) is 8.34. The van der Waals surface area contributed by atoms with Gasteiger partial charge in [-0.3, -0.25) is 4.79 Å². The van der Waals surface area contributed by atoms with Crippen LogP contribution in [0.15, 0.2) is 34.2 Å². The highest BCUT2D eigenvalue weighted by molar-refractivity contribution is 8.18. The minimum Gasteiger partial charge on any atom is -0.351 e. The quantitative estimate of drug-likeness (QED) is 0.732. The summed E-state index contributed by atoms with van der Waals surface area (Å²) in [6.07, 6.45) is 4.22. The van der Waals surface area contributed by atoms with E-state index < -0.39 is 0 Å². The van der Waals surface area contributed by atoms with Crippen molar-refractivity contribution in [2.45, 2.75) is 19.8 Å². The average molecular weight is 321 g/mol. The van der Waals surface area contributed by atoms with Crippen molar-refractivity contribution in [2.75, 3.05) is 13.1 Å². The van der Waals surface area contributed by atoms with E-state index in [2.05, 4.69) is 16.8 Å². The molecule has 0 aromatic heterocycles. The molecule has 0 aliphatic carbocycles. The predicted molar refractivity (Wildman–Crippen MR) is 89.4 cm³/mol. The van der Waals surface area contributed by atoms with Crippen molar-refractivity contribution >= 4 is 40.5 Å². The van der Waals surface area contributed by atoms with E-state index in [9.17, 15) is 4.79 Å². The Labute approximate surface area is 134 Å². The Bertz CT molecular complexity index is 601. The van der Waals surface area contributed by atoms with Crippen LogP contribution in [0.2, 0.25) is 5.02 Å². The van der Waals surface area contributed by atoms with E-state index in [1.165, 1.54) is 24.6 Å². The summed E-state index contributed by atoms with van der Waals surface area (Å²) in [7, 11) is 0. The van der Waals surface area contributed by atoms with Gasteiger partial charge in [0, 0.05) is 18.1 Å². The standard InChI is InChI=1S/C16H17ClN2OS/c1-11-6-8-19(9-7-11)16-18-15(20)14(21-16)10-12-2-4-13(17)5-3-12/h2-5,10-11H,6-9H2,1H3. The number of hydrogen-bond acceptors (Lipinski definition) is 3. The number of rotatable bonds is 1. The van der Waals surface area contributed by atoms with Crippen LogP contribution in [-0.2, 0) is 4.79 Å². The smallest absolute Gasteiger partial charge is 0.286 e. The van der Waals surface area contributed by atoms with Crippen LogP contribution < -0.4 is 0 Å². The van der Waals surface area contributed by atoms with Gasteiger partial charge in [0.05, 0.1) is 4.91 Å². The molecule has 2 aliphatic heterocycles. The second-order valence-corrected chi connectivity index (χ2v) is 6.98. The fourth-order valence-corrected chi connectivity index (χ4v) is 3.53. The lowest BCUT2D eigenvalue weighted by Gasteiger charge is -2.30. The molecule has 1 fully saturated rings. The largest absolute Gasteiger partial charge is 0.351 e. The van der Waals surface area contributed by atoms with Crippen molar-refractivity contribution in [3.63, 3.8) is 0 Å². The van der Waals surface area contributed by atoms with Crippen molar-refractivity contribution in [3.8, 4) is 0 Å². The van der Waals surface area contributed by atoms with Gasteiger partial charge in [-0.25, -0.2) is 0 Å². The molecule has 0 spiro atoms. The Hall–Kier alpha value is -1.26. The molecule has 0 atom stereocenters. The highest BCUT2D eigenvalue weighted by Gasteiger charge is 2.28. The van der Waals surface area contributed by atoms with E-state index in [0.29, 0.717) is 9.93 Å². The summed E-state index contributed by atoms with van der Waals surface area (Å²) < 4.78 is 0. The van der Waals surface area contributed by atoms with Crippen molar-refractivity contribution < 1.29 is 4.79 Å². The Balaban J connectivity index is 1.71. The van der Waals surface area contributed by atoms with Gasteiger partial charge in [-0.05, 0) is 54.3 Å². The zero-order valence-corrected chi connectivity index (χ0v) is 13.5. The fraction of sp³-hybridized carbons (Fsp3) is 0.375. The van der Waals surface area contributed by atoms with Crippen LogP contribution >= 0.6 is 23.4 Å². The van der Waals surface area contributed by atoms with Gasteiger partial charge in [-0.2, -0.15) is 4.99 Å². The number of nitrogens with zero attached hydrogens (tertiary/aromatic N) is 2. The molecule has 0 bridgehead atoms. The van der Waals surface area contributed by atoms with E-state index in [4.69, 9.17) is 11.6 Å². The van der Waals surface area contributed by atoms with Crippen LogP contribution in [0.4, 0.5) is 0 Å². The third kappa shape index (κ3) is 3.50. The van der Waals surface area contributed by atoms with Gasteiger partial charge < -0.3 is 4.90 Å². The van der Waals surface area contributed by atoms with Crippen LogP contribution in [-0.4, -0.2) is 29.1 Å². The number of piperidine rings is 1. The van der Waals surface area contributed by atoms with Crippen LogP contribution in [0.5, 0.6) is 0 Å². The minimum absolute atomic E-state index is 0.136. The highest BCUT2D eigenvalue weighted by Crippen LogP contribution is 2.32. The summed E-state index contributed by atoms with van der Waals surface area (Å²) in [5.41, 5.74) is 0.971. The van der Waals surface area contributed by atoms with Crippen molar-refractivity contribution in [1.29, 1.82) is 0 Å². The van der Waals surface area contributed by atoms with Gasteiger partial charge >= 0.3 is 0 Å². The molecular weight excluding hydrogens is 304 g/mol. The van der Waals surface area contributed by atoms with E-state index in [-0.39, 0.29) is 5.91 Å². The fourth-order valence-electron chi connectivity index (χ4n) is 2.44. The summed E-state index contributed by atoms with van der Waals surface area (Å²) in [6.45, 7) is 4.26. The molecular formula is C16H17ClN2OS. The van der Waals surface area contributed by atoms with Gasteiger partial charge in [0.25, 0.3) is 5.91 Å². The van der Waals surface area contributed by atoms with Crippen molar-refractivity contribution in [2.24, 2.45) is 10.9 Å². The molecule has 0 saturated carbocycles. The summed E-state index contributed by atoms with van der Waals surface area (Å²) in [5.74, 6) is 0.636. The number of likely N-dealkylation sites (tertiary alicyclic amines) is 1.